The van der Waals surface area contributed by atoms with Crippen LogP contribution < -0.4 is 25.4 Å². The van der Waals surface area contributed by atoms with Gasteiger partial charge in [-0.05, 0) is 108 Å². The summed E-state index contributed by atoms with van der Waals surface area (Å²) in [4.78, 5) is 8.04. The summed E-state index contributed by atoms with van der Waals surface area (Å²) in [6.07, 6.45) is 0. The Bertz CT molecular complexity index is 2790. The number of hydrogen-bond donors (Lipinski definition) is 1. The highest BCUT2D eigenvalue weighted by Gasteiger charge is 2.24. The molecule has 10 rings (SSSR count). The van der Waals surface area contributed by atoms with Crippen LogP contribution in [0.4, 0.5) is 39.8 Å². The Hall–Kier alpha value is -8.04. The molecular weight excluding hydrogens is 751 g/mol. The third-order valence-corrected chi connectivity index (χ3v) is 10.8. The van der Waals surface area contributed by atoms with E-state index in [1.54, 1.807) is 4.80 Å². The van der Waals surface area contributed by atoms with Crippen molar-refractivity contribution in [3.8, 4) is 27.9 Å². The Balaban J connectivity index is 1.17. The van der Waals surface area contributed by atoms with Gasteiger partial charge >= 0.3 is 0 Å². The zero-order valence-corrected chi connectivity index (χ0v) is 33.9. The zero-order chi connectivity index (χ0) is 41.3. The van der Waals surface area contributed by atoms with Crippen LogP contribution in [-0.4, -0.2) is 20.1 Å². The quantitative estimate of drug-likeness (QED) is 0.103. The third-order valence-electron chi connectivity index (χ3n) is 10.8. The molecule has 10 aromatic rings. The number of hydrogen-bond acceptors (Lipinski definition) is 6. The summed E-state index contributed by atoms with van der Waals surface area (Å²) in [5.41, 5.74) is 20.6. The first kappa shape index (κ1) is 37.2. The first-order valence-corrected chi connectivity index (χ1v) is 20.5. The van der Waals surface area contributed by atoms with Gasteiger partial charge in [0.2, 0.25) is 0 Å². The summed E-state index contributed by atoms with van der Waals surface area (Å²) in [7, 11) is 0. The van der Waals surface area contributed by atoms with E-state index in [-0.39, 0.29) is 0 Å². The lowest BCUT2D eigenvalue weighted by atomic mass is 9.95. The van der Waals surface area contributed by atoms with Crippen LogP contribution in [0.15, 0.2) is 194 Å². The molecule has 0 aliphatic heterocycles. The van der Waals surface area contributed by atoms with E-state index in [0.717, 1.165) is 84.1 Å². The summed E-state index contributed by atoms with van der Waals surface area (Å²) in [6.45, 7) is 5.02. The normalized spacial score (nSPS) is 11.4. The molecule has 0 saturated heterocycles. The van der Waals surface area contributed by atoms with Crippen LogP contribution in [-0.2, 0) is 6.54 Å². The van der Waals surface area contributed by atoms with Gasteiger partial charge in [0.25, 0.3) is 0 Å². The number of nitrogens with zero attached hydrogens (tertiary/aromatic N) is 8. The predicted octanol–water partition coefficient (Wildman–Crippen LogP) is 11.7. The standard InChI is InChI=1S/C52H43N9/c1-36(2)35-58-54-49-47(37-23-29-44(30-24-37)59(40-15-7-3-8-16-40)41-17-9-4-10-18-41)51-52(57-61(56-51)46-33-27-39(53)28-34-46)48(50(49)55-58)38-25-31-45(32-26-38)60(42-19-11-5-12-20-42)43-21-13-6-14-22-43/h3-34,36H,35,53H2,1-2H3. The Morgan fingerprint density at radius 1 is 0.492 bits per heavy atom. The van der Waals surface area contributed by atoms with Gasteiger partial charge < -0.3 is 15.5 Å². The van der Waals surface area contributed by atoms with Crippen LogP contribution in [0.5, 0.6) is 0 Å². The van der Waals surface area contributed by atoms with E-state index < -0.39 is 0 Å². The summed E-state index contributed by atoms with van der Waals surface area (Å²) in [6, 6.07) is 66.6. The smallest absolute Gasteiger partial charge is 0.165 e. The number of nitrogens with two attached hydrogens (primary N) is 1. The summed E-state index contributed by atoms with van der Waals surface area (Å²) in [5, 5.41) is 20.9. The Kier molecular flexibility index (Phi) is 9.74. The molecule has 296 valence electrons. The first-order valence-electron chi connectivity index (χ1n) is 20.5. The number of anilines is 7. The maximum Gasteiger partial charge on any atom is 0.165 e. The number of benzene rings is 8. The third kappa shape index (κ3) is 7.23. The molecule has 0 atom stereocenters. The topological polar surface area (TPSA) is 94.1 Å². The van der Waals surface area contributed by atoms with Crippen LogP contribution in [0, 0.1) is 5.92 Å². The highest BCUT2D eigenvalue weighted by atomic mass is 15.5. The van der Waals surface area contributed by atoms with Crippen LogP contribution in [0.2, 0.25) is 0 Å². The van der Waals surface area contributed by atoms with E-state index in [0.29, 0.717) is 18.2 Å². The molecule has 0 radical (unpaired) electrons. The molecule has 0 aliphatic carbocycles. The number of aromatic nitrogens is 6. The molecule has 2 heterocycles. The molecule has 2 N–H and O–H groups in total. The highest BCUT2D eigenvalue weighted by molar-refractivity contribution is 6.16. The fourth-order valence-electron chi connectivity index (χ4n) is 7.99. The summed E-state index contributed by atoms with van der Waals surface area (Å²) >= 11 is 0. The van der Waals surface area contributed by atoms with Crippen molar-refractivity contribution in [1.82, 2.24) is 25.2 Å². The Morgan fingerprint density at radius 2 is 0.885 bits per heavy atom. The molecule has 9 nitrogen and oxygen atoms in total. The van der Waals surface area contributed by atoms with E-state index >= 15 is 0 Å². The molecular formula is C52H43N9. The van der Waals surface area contributed by atoms with Crippen molar-refractivity contribution in [2.24, 2.45) is 5.92 Å². The van der Waals surface area contributed by atoms with E-state index in [1.807, 2.05) is 53.3 Å². The zero-order valence-electron chi connectivity index (χ0n) is 33.9. The molecule has 2 aromatic heterocycles. The average Bonchev–Trinajstić information content (AvgIpc) is 3.92. The lowest BCUT2D eigenvalue weighted by Gasteiger charge is -2.25. The van der Waals surface area contributed by atoms with Gasteiger partial charge in [0, 0.05) is 67.9 Å². The average molecular weight is 794 g/mol. The SMILES string of the molecule is CC(C)C[n+]1nc2c(-c3ccc(N(c4ccccc4)c4ccccc4)cc3)c3nn(-c4ccc(N)cc4)nc3c(-c3ccc(N(c4ccccc4)c4ccccc4)cc3)c2[n-]1. The van der Waals surface area contributed by atoms with Crippen molar-refractivity contribution in [3.05, 3.63) is 194 Å². The lowest BCUT2D eigenvalue weighted by Crippen LogP contribution is -2.42. The van der Waals surface area contributed by atoms with Gasteiger partial charge in [0.15, 0.2) is 6.54 Å². The van der Waals surface area contributed by atoms with Gasteiger partial charge in [-0.2, -0.15) is 19.8 Å². The van der Waals surface area contributed by atoms with Gasteiger partial charge in [0.1, 0.15) is 11.0 Å². The molecule has 0 saturated carbocycles. The van der Waals surface area contributed by atoms with E-state index in [9.17, 15) is 0 Å². The second kappa shape index (κ2) is 16.0. The van der Waals surface area contributed by atoms with Gasteiger partial charge in [-0.3, -0.25) is 0 Å². The van der Waals surface area contributed by atoms with Crippen LogP contribution in [0.3, 0.4) is 0 Å². The molecule has 0 fully saturated rings. The second-order valence-electron chi connectivity index (χ2n) is 15.5. The lowest BCUT2D eigenvalue weighted by molar-refractivity contribution is -0.808. The van der Waals surface area contributed by atoms with Gasteiger partial charge in [-0.25, -0.2) is 0 Å². The second-order valence-corrected chi connectivity index (χ2v) is 15.5. The van der Waals surface area contributed by atoms with Crippen LogP contribution in [0.1, 0.15) is 13.8 Å². The van der Waals surface area contributed by atoms with Crippen molar-refractivity contribution < 1.29 is 4.80 Å². The van der Waals surface area contributed by atoms with Gasteiger partial charge in [-0.1, -0.05) is 111 Å². The van der Waals surface area contributed by atoms with E-state index in [1.165, 1.54) is 0 Å². The Labute approximate surface area is 354 Å². The minimum atomic E-state index is 0.332. The number of rotatable bonds is 11. The monoisotopic (exact) mass is 793 g/mol. The number of nitrogen functional groups attached to an aromatic ring is 1. The molecule has 61 heavy (non-hydrogen) atoms. The molecule has 9 heteroatoms. The van der Waals surface area contributed by atoms with Gasteiger partial charge in [-0.15, -0.1) is 10.2 Å². The van der Waals surface area contributed by atoms with E-state index in [4.69, 9.17) is 26.1 Å². The first-order chi connectivity index (χ1) is 30.0. The highest BCUT2D eigenvalue weighted by Crippen LogP contribution is 2.43. The van der Waals surface area contributed by atoms with Crippen molar-refractivity contribution in [3.63, 3.8) is 0 Å². The fourth-order valence-corrected chi connectivity index (χ4v) is 7.99. The maximum atomic E-state index is 6.12. The minimum absolute atomic E-state index is 0.332. The van der Waals surface area contributed by atoms with Crippen LogP contribution in [0.25, 0.3) is 50.0 Å². The largest absolute Gasteiger partial charge is 0.399 e. The summed E-state index contributed by atoms with van der Waals surface area (Å²) < 4.78 is 0. The maximum absolute atomic E-state index is 6.12. The molecule has 0 unspecified atom stereocenters. The minimum Gasteiger partial charge on any atom is -0.399 e. The molecule has 8 aromatic carbocycles. The van der Waals surface area contributed by atoms with Gasteiger partial charge in [0.05, 0.1) is 5.69 Å². The molecule has 0 bridgehead atoms. The molecule has 0 aliphatic rings. The van der Waals surface area contributed by atoms with E-state index in [2.05, 4.69) is 169 Å². The Morgan fingerprint density at radius 3 is 1.31 bits per heavy atom. The molecule has 0 amide bonds. The van der Waals surface area contributed by atoms with Crippen molar-refractivity contribution in [1.29, 1.82) is 0 Å². The summed E-state index contributed by atoms with van der Waals surface area (Å²) in [5.74, 6) is 0.332. The van der Waals surface area contributed by atoms with Crippen molar-refractivity contribution in [2.75, 3.05) is 15.5 Å². The van der Waals surface area contributed by atoms with Crippen LogP contribution >= 0.6 is 0 Å². The predicted molar refractivity (Wildman–Crippen MR) is 247 cm³/mol. The fraction of sp³-hybridized carbons (Fsp3) is 0.0769. The molecule has 0 spiro atoms. The van der Waals surface area contributed by atoms with Crippen molar-refractivity contribution >= 4 is 61.9 Å². The number of para-hydroxylation sites is 4. The number of fused-ring (bicyclic) bond motifs is 2. The van der Waals surface area contributed by atoms with Crippen molar-refractivity contribution in [2.45, 2.75) is 20.4 Å².